The van der Waals surface area contributed by atoms with Gasteiger partial charge in [-0.25, -0.2) is 0 Å². The normalized spacial score (nSPS) is 9.00. The van der Waals surface area contributed by atoms with Crippen LogP contribution in [0.3, 0.4) is 0 Å². The van der Waals surface area contributed by atoms with Crippen LogP contribution in [0.25, 0.3) is 0 Å². The van der Waals surface area contributed by atoms with Crippen LogP contribution in [-0.2, 0) is 0 Å². The van der Waals surface area contributed by atoms with Crippen LogP contribution < -0.4 is 0 Å². The maximum atomic E-state index is 12.6. The van der Waals surface area contributed by atoms with Gasteiger partial charge >= 0.3 is 0 Å². The highest BCUT2D eigenvalue weighted by Crippen LogP contribution is 2.34. The molecule has 2 rings (SSSR count). The number of benzene rings is 2. The zero-order valence-corrected chi connectivity index (χ0v) is 16.3. The molecule has 0 aromatic heterocycles. The molecule has 0 saturated heterocycles. The second kappa shape index (κ2) is 9.57. The van der Waals surface area contributed by atoms with Crippen LogP contribution in [0, 0.1) is 68.0 Å². The standard InChI is InChI=1S/C20H4N6O2S2/c21-5-11-1-13(7-23)17(14(2-11)8-24)19(27)29-30-20(28)18-15(9-25)3-12(6-22)4-16(18)10-26/h1-4H. The molecule has 0 spiro atoms. The molecular weight excluding hydrogens is 420 g/mol. The summed E-state index contributed by atoms with van der Waals surface area (Å²) in [5, 5.41) is 53.4. The van der Waals surface area contributed by atoms with E-state index >= 15 is 0 Å². The van der Waals surface area contributed by atoms with E-state index in [1.807, 2.05) is 0 Å². The molecule has 138 valence electrons. The number of hydrogen-bond donors (Lipinski definition) is 0. The van der Waals surface area contributed by atoms with Gasteiger partial charge in [-0.1, -0.05) is 0 Å². The molecule has 30 heavy (non-hydrogen) atoms. The third-order valence-electron chi connectivity index (χ3n) is 3.62. The Morgan fingerprint density at radius 2 is 0.800 bits per heavy atom. The SMILES string of the molecule is N#Cc1cc(C#N)c(C(=O)SSC(=O)c2c(C#N)cc(C#N)cc2C#N)c(C#N)c1. The monoisotopic (exact) mass is 424 g/mol. The minimum absolute atomic E-state index is 0.0308. The van der Waals surface area contributed by atoms with Gasteiger partial charge in [0.25, 0.3) is 0 Å². The van der Waals surface area contributed by atoms with E-state index in [9.17, 15) is 30.6 Å². The molecule has 2 aromatic rings. The van der Waals surface area contributed by atoms with Gasteiger partial charge in [-0.05, 0) is 45.9 Å². The van der Waals surface area contributed by atoms with Gasteiger partial charge in [0.1, 0.15) is 24.3 Å². The topological polar surface area (TPSA) is 177 Å². The summed E-state index contributed by atoms with van der Waals surface area (Å²) < 4.78 is 0. The van der Waals surface area contributed by atoms with E-state index in [0.717, 1.165) is 24.3 Å². The van der Waals surface area contributed by atoms with Crippen molar-refractivity contribution in [1.29, 1.82) is 31.6 Å². The fraction of sp³-hybridized carbons (Fsp3) is 0. The smallest absolute Gasteiger partial charge is 0.232 e. The van der Waals surface area contributed by atoms with E-state index in [-0.39, 0.29) is 44.5 Å². The van der Waals surface area contributed by atoms with E-state index in [2.05, 4.69) is 0 Å². The second-order valence-electron chi connectivity index (χ2n) is 5.31. The van der Waals surface area contributed by atoms with Crippen LogP contribution >= 0.6 is 21.6 Å². The first-order valence-electron chi connectivity index (χ1n) is 7.63. The lowest BCUT2D eigenvalue weighted by atomic mass is 10.00. The zero-order chi connectivity index (χ0) is 22.3. The molecule has 0 unspecified atom stereocenters. The van der Waals surface area contributed by atoms with Gasteiger partial charge in [0.05, 0.1) is 56.6 Å². The summed E-state index contributed by atoms with van der Waals surface area (Å²) in [7, 11) is 0.825. The summed E-state index contributed by atoms with van der Waals surface area (Å²) in [6, 6.07) is 15.2. The minimum atomic E-state index is -0.781. The van der Waals surface area contributed by atoms with Crippen LogP contribution in [0.4, 0.5) is 0 Å². The first kappa shape index (κ1) is 21.7. The Bertz CT molecular complexity index is 1180. The summed E-state index contributed by atoms with van der Waals surface area (Å²) in [6.45, 7) is 0. The predicted molar refractivity (Wildman–Crippen MR) is 105 cm³/mol. The molecule has 0 fully saturated rings. The second-order valence-corrected chi connectivity index (χ2v) is 7.38. The third-order valence-corrected chi connectivity index (χ3v) is 5.57. The summed E-state index contributed by atoms with van der Waals surface area (Å²) in [5.74, 6) is 0. The Labute approximate surface area is 178 Å². The molecule has 0 atom stereocenters. The highest BCUT2D eigenvalue weighted by molar-refractivity contribution is 8.87. The molecule has 0 aliphatic rings. The Morgan fingerprint density at radius 1 is 0.533 bits per heavy atom. The molecular formula is C20H4N6O2S2. The molecule has 2 aromatic carbocycles. The summed E-state index contributed by atoms with van der Waals surface area (Å²) >= 11 is 0. The number of hydrogen-bond acceptors (Lipinski definition) is 10. The van der Waals surface area contributed by atoms with Crippen molar-refractivity contribution in [2.45, 2.75) is 0 Å². The molecule has 10 heteroatoms. The molecule has 0 aliphatic carbocycles. The van der Waals surface area contributed by atoms with Crippen molar-refractivity contribution in [3.05, 3.63) is 68.8 Å². The van der Waals surface area contributed by atoms with E-state index in [0.29, 0.717) is 21.6 Å². The van der Waals surface area contributed by atoms with Gasteiger partial charge in [0.2, 0.25) is 10.2 Å². The maximum Gasteiger partial charge on any atom is 0.232 e. The van der Waals surface area contributed by atoms with Gasteiger partial charge in [-0.3, -0.25) is 9.59 Å². The lowest BCUT2D eigenvalue weighted by molar-refractivity contribution is 0.107. The fourth-order valence-corrected chi connectivity index (χ4v) is 4.08. The Morgan fingerprint density at radius 3 is 1.00 bits per heavy atom. The molecule has 8 nitrogen and oxygen atoms in total. The van der Waals surface area contributed by atoms with Crippen LogP contribution in [0.2, 0.25) is 0 Å². The van der Waals surface area contributed by atoms with Gasteiger partial charge < -0.3 is 0 Å². The van der Waals surface area contributed by atoms with Crippen LogP contribution in [0.5, 0.6) is 0 Å². The van der Waals surface area contributed by atoms with Crippen molar-refractivity contribution < 1.29 is 9.59 Å². The average molecular weight is 424 g/mol. The number of rotatable bonds is 2. The number of carbonyl (C=O) groups is 2. The number of nitrogens with zero attached hydrogens (tertiary/aromatic N) is 6. The molecule has 0 bridgehead atoms. The van der Waals surface area contributed by atoms with Crippen molar-refractivity contribution >= 4 is 31.8 Å². The van der Waals surface area contributed by atoms with Crippen LogP contribution in [0.1, 0.15) is 54.1 Å². The van der Waals surface area contributed by atoms with Crippen molar-refractivity contribution in [3.63, 3.8) is 0 Å². The first-order chi connectivity index (χ1) is 14.4. The van der Waals surface area contributed by atoms with Crippen molar-refractivity contribution in [3.8, 4) is 36.4 Å². The lowest BCUT2D eigenvalue weighted by Gasteiger charge is -2.07. The zero-order valence-electron chi connectivity index (χ0n) is 14.6. The predicted octanol–water partition coefficient (Wildman–Crippen LogP) is 3.28. The van der Waals surface area contributed by atoms with Gasteiger partial charge in [0.15, 0.2) is 0 Å². The van der Waals surface area contributed by atoms with E-state index in [1.165, 1.54) is 0 Å². The quantitative estimate of drug-likeness (QED) is 0.650. The Kier molecular flexibility index (Phi) is 6.92. The van der Waals surface area contributed by atoms with Gasteiger partial charge in [-0.15, -0.1) is 0 Å². The van der Waals surface area contributed by atoms with Crippen LogP contribution in [-0.4, -0.2) is 10.2 Å². The molecule has 0 aliphatic heterocycles. The van der Waals surface area contributed by atoms with Crippen molar-refractivity contribution in [1.82, 2.24) is 0 Å². The van der Waals surface area contributed by atoms with Gasteiger partial charge in [-0.2, -0.15) is 31.6 Å². The third kappa shape index (κ3) is 4.28. The fourth-order valence-electron chi connectivity index (χ4n) is 2.36. The highest BCUT2D eigenvalue weighted by atomic mass is 33.1. The van der Waals surface area contributed by atoms with Crippen molar-refractivity contribution in [2.75, 3.05) is 0 Å². The molecule has 0 amide bonds. The Hall–Kier alpha value is -4.58. The largest absolute Gasteiger partial charge is 0.281 e. The van der Waals surface area contributed by atoms with Crippen LogP contribution in [0.15, 0.2) is 24.3 Å². The number of nitriles is 6. The van der Waals surface area contributed by atoms with E-state index in [1.54, 1.807) is 36.4 Å². The molecule has 0 N–H and O–H groups in total. The Balaban J connectivity index is 2.39. The van der Waals surface area contributed by atoms with Crippen molar-refractivity contribution in [2.24, 2.45) is 0 Å². The first-order valence-corrected chi connectivity index (χ1v) is 9.78. The minimum Gasteiger partial charge on any atom is -0.281 e. The summed E-state index contributed by atoms with van der Waals surface area (Å²) in [5.41, 5.74) is -1.19. The molecule has 0 saturated carbocycles. The maximum absolute atomic E-state index is 12.6. The summed E-state index contributed by atoms with van der Waals surface area (Å²) in [4.78, 5) is 25.2. The highest BCUT2D eigenvalue weighted by Gasteiger charge is 2.24. The molecule has 0 radical (unpaired) electrons. The summed E-state index contributed by atoms with van der Waals surface area (Å²) in [6.07, 6.45) is 0. The number of carbonyl (C=O) groups excluding carboxylic acids is 2. The van der Waals surface area contributed by atoms with Gasteiger partial charge in [0, 0.05) is 0 Å². The van der Waals surface area contributed by atoms with E-state index in [4.69, 9.17) is 10.5 Å². The molecule has 0 heterocycles. The lowest BCUT2D eigenvalue weighted by Crippen LogP contribution is -2.05. The average Bonchev–Trinajstić information content (AvgIpc) is 2.79. The van der Waals surface area contributed by atoms with E-state index < -0.39 is 10.2 Å².